The van der Waals surface area contributed by atoms with Gasteiger partial charge < -0.3 is 0 Å². The zero-order valence-electron chi connectivity index (χ0n) is 8.38. The summed E-state index contributed by atoms with van der Waals surface area (Å²) in [4.78, 5) is 4.53. The SMILES string of the molecule is CCc1ncc2c3c(cccc13)CC2. The Labute approximate surface area is 83.8 Å². The molecule has 0 unspecified atom stereocenters. The van der Waals surface area contributed by atoms with Crippen LogP contribution >= 0.6 is 0 Å². The molecule has 1 heterocycles. The Hall–Kier alpha value is -1.37. The molecule has 3 rings (SSSR count). The molecule has 0 spiro atoms. The zero-order valence-corrected chi connectivity index (χ0v) is 8.38. The van der Waals surface area contributed by atoms with Gasteiger partial charge in [0.15, 0.2) is 0 Å². The molecule has 0 aliphatic heterocycles. The van der Waals surface area contributed by atoms with Crippen molar-refractivity contribution in [3.8, 4) is 0 Å². The highest BCUT2D eigenvalue weighted by atomic mass is 14.7. The van der Waals surface area contributed by atoms with Crippen LogP contribution in [0.25, 0.3) is 10.8 Å². The number of aromatic nitrogens is 1. The minimum Gasteiger partial charge on any atom is -0.260 e. The summed E-state index contributed by atoms with van der Waals surface area (Å²) < 4.78 is 0. The van der Waals surface area contributed by atoms with Gasteiger partial charge in [-0.1, -0.05) is 25.1 Å². The third kappa shape index (κ3) is 0.926. The van der Waals surface area contributed by atoms with Gasteiger partial charge in [0.2, 0.25) is 0 Å². The standard InChI is InChI=1S/C13H13N/c1-2-12-11-5-3-4-9-6-7-10(8-14-12)13(9)11/h3-5,8H,2,6-7H2,1H3. The van der Waals surface area contributed by atoms with E-state index in [1.807, 2.05) is 0 Å². The molecule has 14 heavy (non-hydrogen) atoms. The van der Waals surface area contributed by atoms with Crippen molar-refractivity contribution in [3.63, 3.8) is 0 Å². The van der Waals surface area contributed by atoms with Crippen LogP contribution in [0.1, 0.15) is 23.7 Å². The highest BCUT2D eigenvalue weighted by molar-refractivity contribution is 5.92. The van der Waals surface area contributed by atoms with E-state index < -0.39 is 0 Å². The van der Waals surface area contributed by atoms with Gasteiger partial charge in [-0.05, 0) is 35.8 Å². The second kappa shape index (κ2) is 2.81. The second-order valence-electron chi connectivity index (χ2n) is 3.92. The Bertz CT molecular complexity index is 490. The number of pyridine rings is 1. The molecule has 0 saturated carbocycles. The molecule has 1 heteroatoms. The molecule has 1 nitrogen and oxygen atoms in total. The maximum Gasteiger partial charge on any atom is 0.0479 e. The number of benzene rings is 1. The molecule has 0 atom stereocenters. The Morgan fingerprint density at radius 2 is 2.07 bits per heavy atom. The summed E-state index contributed by atoms with van der Waals surface area (Å²) >= 11 is 0. The maximum atomic E-state index is 4.53. The fourth-order valence-electron chi connectivity index (χ4n) is 2.46. The minimum absolute atomic E-state index is 1.03. The summed E-state index contributed by atoms with van der Waals surface area (Å²) in [5.74, 6) is 0. The average Bonchev–Trinajstić information content (AvgIpc) is 2.65. The highest BCUT2D eigenvalue weighted by Crippen LogP contribution is 2.31. The Morgan fingerprint density at radius 1 is 1.21 bits per heavy atom. The van der Waals surface area contributed by atoms with Crippen molar-refractivity contribution >= 4 is 10.8 Å². The van der Waals surface area contributed by atoms with Crippen LogP contribution in [0.3, 0.4) is 0 Å². The first-order valence-corrected chi connectivity index (χ1v) is 5.28. The van der Waals surface area contributed by atoms with E-state index in [0.717, 1.165) is 6.42 Å². The van der Waals surface area contributed by atoms with E-state index in [2.05, 4.69) is 36.3 Å². The predicted molar refractivity (Wildman–Crippen MR) is 58.5 cm³/mol. The first kappa shape index (κ1) is 7.98. The normalized spacial score (nSPS) is 13.8. The third-order valence-corrected chi connectivity index (χ3v) is 3.16. The average molecular weight is 183 g/mol. The summed E-state index contributed by atoms with van der Waals surface area (Å²) in [5, 5.41) is 2.86. The lowest BCUT2D eigenvalue weighted by atomic mass is 10.0. The zero-order chi connectivity index (χ0) is 9.54. The van der Waals surface area contributed by atoms with Crippen molar-refractivity contribution in [2.75, 3.05) is 0 Å². The quantitative estimate of drug-likeness (QED) is 0.662. The second-order valence-corrected chi connectivity index (χ2v) is 3.92. The number of hydrogen-bond donors (Lipinski definition) is 0. The first-order valence-electron chi connectivity index (χ1n) is 5.28. The molecule has 2 aromatic rings. The molecule has 1 aromatic heterocycles. The van der Waals surface area contributed by atoms with Crippen molar-refractivity contribution in [2.45, 2.75) is 26.2 Å². The number of aryl methyl sites for hydroxylation is 3. The van der Waals surface area contributed by atoms with Gasteiger partial charge in [0.1, 0.15) is 0 Å². The van der Waals surface area contributed by atoms with Crippen LogP contribution in [-0.4, -0.2) is 4.98 Å². The maximum absolute atomic E-state index is 4.53. The molecule has 0 N–H and O–H groups in total. The molecule has 70 valence electrons. The van der Waals surface area contributed by atoms with Gasteiger partial charge in [0.25, 0.3) is 0 Å². The Kier molecular flexibility index (Phi) is 1.60. The molecule has 0 radical (unpaired) electrons. The van der Waals surface area contributed by atoms with E-state index in [9.17, 15) is 0 Å². The lowest BCUT2D eigenvalue weighted by Crippen LogP contribution is -1.91. The molecular weight excluding hydrogens is 170 g/mol. The van der Waals surface area contributed by atoms with Gasteiger partial charge in [-0.25, -0.2) is 0 Å². The highest BCUT2D eigenvalue weighted by Gasteiger charge is 2.15. The van der Waals surface area contributed by atoms with E-state index in [1.54, 1.807) is 0 Å². The lowest BCUT2D eigenvalue weighted by molar-refractivity contribution is 1.00. The van der Waals surface area contributed by atoms with Crippen molar-refractivity contribution in [2.24, 2.45) is 0 Å². The molecule has 1 aliphatic rings. The van der Waals surface area contributed by atoms with Gasteiger partial charge in [-0.15, -0.1) is 0 Å². The van der Waals surface area contributed by atoms with Crippen LogP contribution in [0, 0.1) is 0 Å². The largest absolute Gasteiger partial charge is 0.260 e. The number of rotatable bonds is 1. The summed E-state index contributed by atoms with van der Waals surface area (Å²) in [6.07, 6.45) is 5.46. The van der Waals surface area contributed by atoms with E-state index >= 15 is 0 Å². The smallest absolute Gasteiger partial charge is 0.0479 e. The number of hydrogen-bond acceptors (Lipinski definition) is 1. The van der Waals surface area contributed by atoms with Gasteiger partial charge in [0, 0.05) is 17.3 Å². The monoisotopic (exact) mass is 183 g/mol. The van der Waals surface area contributed by atoms with Crippen molar-refractivity contribution < 1.29 is 0 Å². The fraction of sp³-hybridized carbons (Fsp3) is 0.308. The van der Waals surface area contributed by atoms with Crippen LogP contribution in [0.2, 0.25) is 0 Å². The van der Waals surface area contributed by atoms with Crippen LogP contribution < -0.4 is 0 Å². The van der Waals surface area contributed by atoms with Crippen LogP contribution in [0.5, 0.6) is 0 Å². The van der Waals surface area contributed by atoms with E-state index in [0.29, 0.717) is 0 Å². The van der Waals surface area contributed by atoms with Crippen molar-refractivity contribution in [1.82, 2.24) is 4.98 Å². The van der Waals surface area contributed by atoms with Crippen LogP contribution in [-0.2, 0) is 19.3 Å². The van der Waals surface area contributed by atoms with Crippen LogP contribution in [0.4, 0.5) is 0 Å². The summed E-state index contributed by atoms with van der Waals surface area (Å²) in [6.45, 7) is 2.17. The Balaban J connectivity index is 2.48. The van der Waals surface area contributed by atoms with Gasteiger partial charge in [0.05, 0.1) is 0 Å². The van der Waals surface area contributed by atoms with E-state index in [1.165, 1.54) is 40.4 Å². The molecule has 0 saturated heterocycles. The molecule has 1 aliphatic carbocycles. The number of nitrogens with zero attached hydrogens (tertiary/aromatic N) is 1. The molecule has 1 aromatic carbocycles. The molecule has 0 amide bonds. The van der Waals surface area contributed by atoms with E-state index in [4.69, 9.17) is 0 Å². The van der Waals surface area contributed by atoms with Crippen LogP contribution in [0.15, 0.2) is 24.4 Å². The summed E-state index contributed by atoms with van der Waals surface area (Å²) in [5.41, 5.74) is 4.19. The van der Waals surface area contributed by atoms with Crippen molar-refractivity contribution in [1.29, 1.82) is 0 Å². The summed E-state index contributed by atoms with van der Waals surface area (Å²) in [7, 11) is 0. The Morgan fingerprint density at radius 3 is 2.93 bits per heavy atom. The fourth-order valence-corrected chi connectivity index (χ4v) is 2.46. The van der Waals surface area contributed by atoms with Gasteiger partial charge >= 0.3 is 0 Å². The van der Waals surface area contributed by atoms with Crippen molar-refractivity contribution in [3.05, 3.63) is 41.2 Å². The van der Waals surface area contributed by atoms with Gasteiger partial charge in [-0.2, -0.15) is 0 Å². The molecule has 0 fully saturated rings. The molecular formula is C13H13N. The topological polar surface area (TPSA) is 12.9 Å². The first-order chi connectivity index (χ1) is 6.90. The lowest BCUT2D eigenvalue weighted by Gasteiger charge is -2.05. The molecule has 0 bridgehead atoms. The predicted octanol–water partition coefficient (Wildman–Crippen LogP) is 2.90. The minimum atomic E-state index is 1.03. The third-order valence-electron chi connectivity index (χ3n) is 3.16. The van der Waals surface area contributed by atoms with E-state index in [-0.39, 0.29) is 0 Å². The summed E-state index contributed by atoms with van der Waals surface area (Å²) in [6, 6.07) is 6.62. The van der Waals surface area contributed by atoms with Gasteiger partial charge in [-0.3, -0.25) is 4.98 Å².